The number of aliphatic hydroxyl groups excluding tert-OH is 1. The van der Waals surface area contributed by atoms with Gasteiger partial charge in [0, 0.05) is 36.7 Å². The predicted octanol–water partition coefficient (Wildman–Crippen LogP) is -1.13. The number of hydrogen-bond donors (Lipinski definition) is 3. The Morgan fingerprint density at radius 1 is 1.37 bits per heavy atom. The van der Waals surface area contributed by atoms with Crippen LogP contribution in [0.2, 0.25) is 0 Å². The number of β-lactam (4-membered cyclic amide) rings is 1. The molecule has 2 amide bonds. The molecule has 0 saturated carbocycles. The number of rotatable bonds is 5. The highest BCUT2D eigenvalue weighted by Crippen LogP contribution is 2.51. The van der Waals surface area contributed by atoms with Crippen LogP contribution < -0.4 is 5.32 Å². The smallest absolute Gasteiger partial charge is 0.353 e. The number of aliphatic hydroxyl groups is 1. The maximum Gasteiger partial charge on any atom is 0.353 e. The third-order valence-corrected chi connectivity index (χ3v) is 6.95. The monoisotopic (exact) mass is 401 g/mol. The van der Waals surface area contributed by atoms with Crippen LogP contribution in [0.1, 0.15) is 20.3 Å². The van der Waals surface area contributed by atoms with Gasteiger partial charge in [-0.3, -0.25) is 9.59 Å². The van der Waals surface area contributed by atoms with Crippen molar-refractivity contribution in [1.29, 1.82) is 0 Å². The fraction of sp³-hybridized carbons (Fsp3) is 0.706. The van der Waals surface area contributed by atoms with Gasteiger partial charge in [0.05, 0.1) is 24.1 Å². The summed E-state index contributed by atoms with van der Waals surface area (Å²) in [6.07, 6.45) is -0.190. The molecule has 6 atom stereocenters. The van der Waals surface area contributed by atoms with Gasteiger partial charge in [0.15, 0.2) is 0 Å². The number of aliphatic carboxylic acids is 1. The van der Waals surface area contributed by atoms with Crippen molar-refractivity contribution in [2.75, 3.05) is 20.6 Å². The first-order valence-electron chi connectivity index (χ1n) is 8.75. The average Bonchev–Trinajstić information content (AvgIpc) is 3.09. The zero-order chi connectivity index (χ0) is 19.3. The van der Waals surface area contributed by atoms with Crippen molar-refractivity contribution >= 4 is 29.5 Å². The molecule has 0 bridgehead atoms. The molecule has 5 N–H and O–H groups in total. The lowest BCUT2D eigenvalue weighted by Crippen LogP contribution is -2.63. The van der Waals surface area contributed by atoms with E-state index in [4.69, 9.17) is 0 Å². The molecule has 9 nitrogen and oxygen atoms in total. The topological polar surface area (TPSA) is 142 Å². The molecule has 3 aliphatic rings. The number of carbonyl (C=O) groups excluding carboxylic acids is 2. The van der Waals surface area contributed by atoms with Crippen LogP contribution in [0.4, 0.5) is 0 Å². The van der Waals surface area contributed by atoms with E-state index in [-0.39, 0.29) is 46.2 Å². The molecule has 0 radical (unpaired) electrons. The highest BCUT2D eigenvalue weighted by Gasteiger charge is 2.60. The Labute approximate surface area is 162 Å². The number of hydrogen-bond acceptors (Lipinski definition) is 6. The highest BCUT2D eigenvalue weighted by atomic mass is 32.2. The van der Waals surface area contributed by atoms with Gasteiger partial charge in [-0.1, -0.05) is 6.92 Å². The van der Waals surface area contributed by atoms with E-state index in [0.717, 1.165) is 0 Å². The number of amides is 2. The second kappa shape index (κ2) is 7.78. The molecule has 3 rings (SSSR count). The lowest BCUT2D eigenvalue weighted by Gasteiger charge is -2.46. The second-order valence-electron chi connectivity index (χ2n) is 7.44. The summed E-state index contributed by atoms with van der Waals surface area (Å²) in [5.41, 5.74) is 0.0387. The van der Waals surface area contributed by atoms with Gasteiger partial charge in [-0.2, -0.15) is 0 Å². The van der Waals surface area contributed by atoms with Crippen LogP contribution >= 0.6 is 11.8 Å². The van der Waals surface area contributed by atoms with Gasteiger partial charge in [0.2, 0.25) is 11.8 Å². The van der Waals surface area contributed by atoms with Crippen molar-refractivity contribution in [2.45, 2.75) is 43.7 Å². The van der Waals surface area contributed by atoms with Gasteiger partial charge in [0.25, 0.3) is 0 Å². The molecule has 152 valence electrons. The summed E-state index contributed by atoms with van der Waals surface area (Å²) in [5, 5.41) is 22.8. The lowest BCUT2D eigenvalue weighted by atomic mass is 9.79. The summed E-state index contributed by atoms with van der Waals surface area (Å²) in [5.74, 6) is -2.14. The quantitative estimate of drug-likeness (QED) is 0.495. The first kappa shape index (κ1) is 21.7. The molecule has 0 aliphatic carbocycles. The molecule has 0 aromatic rings. The standard InChI is InChI=1S/C17H25N3O5S.H2O/c1-7-12-11(8(2)21)16(23)20(12)13(17(24)25)14(7)26-9-5-10(18-6-9)15(22)19(3)4;/h7-12,18,21H,5-6H2,1-4H3,(H,24,25);1H2/t7-,8-,9+,10+,11-,12-;/m1./s1. The largest absolute Gasteiger partial charge is 0.477 e. The van der Waals surface area contributed by atoms with E-state index in [0.29, 0.717) is 17.9 Å². The number of fused-ring (bicyclic) bond motifs is 1. The third-order valence-electron chi connectivity index (χ3n) is 5.43. The molecular weight excluding hydrogens is 374 g/mol. The minimum atomic E-state index is -1.12. The van der Waals surface area contributed by atoms with Crippen LogP contribution in [0.25, 0.3) is 0 Å². The molecule has 10 heteroatoms. The maximum absolute atomic E-state index is 12.3. The summed E-state index contributed by atoms with van der Waals surface area (Å²) in [7, 11) is 3.42. The predicted molar refractivity (Wildman–Crippen MR) is 99.7 cm³/mol. The van der Waals surface area contributed by atoms with Crippen LogP contribution in [-0.2, 0) is 14.4 Å². The molecule has 0 aromatic carbocycles. The van der Waals surface area contributed by atoms with E-state index >= 15 is 0 Å². The number of carbonyl (C=O) groups is 3. The molecular formula is C17H27N3O6S. The van der Waals surface area contributed by atoms with E-state index < -0.39 is 18.0 Å². The molecule has 2 saturated heterocycles. The number of carboxylic acids is 1. The fourth-order valence-electron chi connectivity index (χ4n) is 4.15. The Morgan fingerprint density at radius 3 is 2.52 bits per heavy atom. The Balaban J connectivity index is 0.00000261. The number of carboxylic acid groups (broad SMARTS) is 1. The SMILES string of the molecule is C[C@@H](O)[C@H]1C(=O)N2C(C(=O)O)=C(S[C@@H]3CN[C@H](C(=O)N(C)C)C3)[C@H](C)[C@H]12.O. The zero-order valence-electron chi connectivity index (χ0n) is 15.8. The van der Waals surface area contributed by atoms with Gasteiger partial charge in [0.1, 0.15) is 5.70 Å². The minimum Gasteiger partial charge on any atom is -0.477 e. The van der Waals surface area contributed by atoms with Gasteiger partial charge in [-0.05, 0) is 13.3 Å². The molecule has 27 heavy (non-hydrogen) atoms. The van der Waals surface area contributed by atoms with Crippen molar-refractivity contribution in [2.24, 2.45) is 11.8 Å². The van der Waals surface area contributed by atoms with Gasteiger partial charge in [-0.15, -0.1) is 11.8 Å². The first-order valence-corrected chi connectivity index (χ1v) is 9.62. The summed E-state index contributed by atoms with van der Waals surface area (Å²) in [6.45, 7) is 4.08. The Kier molecular flexibility index (Phi) is 6.25. The normalized spacial score (nSPS) is 33.3. The molecule has 3 heterocycles. The molecule has 0 spiro atoms. The van der Waals surface area contributed by atoms with Crippen LogP contribution in [0.5, 0.6) is 0 Å². The summed E-state index contributed by atoms with van der Waals surface area (Å²) >= 11 is 1.45. The van der Waals surface area contributed by atoms with Crippen molar-refractivity contribution in [3.05, 3.63) is 10.6 Å². The molecule has 2 fully saturated rings. The van der Waals surface area contributed by atoms with Crippen LogP contribution in [0.15, 0.2) is 10.6 Å². The minimum absolute atomic E-state index is 0. The van der Waals surface area contributed by atoms with Crippen molar-refractivity contribution in [3.8, 4) is 0 Å². The third kappa shape index (κ3) is 3.46. The average molecular weight is 401 g/mol. The second-order valence-corrected chi connectivity index (χ2v) is 8.78. The van der Waals surface area contributed by atoms with Crippen molar-refractivity contribution in [3.63, 3.8) is 0 Å². The van der Waals surface area contributed by atoms with Crippen LogP contribution in [0.3, 0.4) is 0 Å². The molecule has 0 aromatic heterocycles. The Morgan fingerprint density at radius 2 is 2.00 bits per heavy atom. The molecule has 0 unspecified atom stereocenters. The van der Waals surface area contributed by atoms with Gasteiger partial charge >= 0.3 is 5.97 Å². The first-order chi connectivity index (χ1) is 12.1. The lowest BCUT2D eigenvalue weighted by molar-refractivity contribution is -0.163. The maximum atomic E-state index is 12.3. The van der Waals surface area contributed by atoms with E-state index in [1.54, 1.807) is 25.9 Å². The van der Waals surface area contributed by atoms with Crippen molar-refractivity contribution < 1.29 is 30.1 Å². The highest BCUT2D eigenvalue weighted by molar-refractivity contribution is 8.03. The van der Waals surface area contributed by atoms with E-state index in [2.05, 4.69) is 5.32 Å². The number of likely N-dealkylation sites (N-methyl/N-ethyl adjacent to an activating group) is 1. The number of nitrogens with one attached hydrogen (secondary N) is 1. The number of thioether (sulfide) groups is 1. The Bertz CT molecular complexity index is 680. The summed E-state index contributed by atoms with van der Waals surface area (Å²) < 4.78 is 0. The van der Waals surface area contributed by atoms with E-state index in [9.17, 15) is 24.6 Å². The summed E-state index contributed by atoms with van der Waals surface area (Å²) in [6, 6.07) is -0.568. The van der Waals surface area contributed by atoms with Crippen molar-refractivity contribution in [1.82, 2.24) is 15.1 Å². The van der Waals surface area contributed by atoms with Gasteiger partial charge in [-0.25, -0.2) is 4.79 Å². The zero-order valence-corrected chi connectivity index (χ0v) is 16.6. The van der Waals surface area contributed by atoms with E-state index in [1.165, 1.54) is 16.7 Å². The van der Waals surface area contributed by atoms with Gasteiger partial charge < -0.3 is 30.8 Å². The van der Waals surface area contributed by atoms with Crippen LogP contribution in [-0.4, -0.2) is 87.4 Å². The number of nitrogens with zero attached hydrogens (tertiary/aromatic N) is 2. The fourth-order valence-corrected chi connectivity index (χ4v) is 5.63. The van der Waals surface area contributed by atoms with E-state index in [1.807, 2.05) is 6.92 Å². The van der Waals surface area contributed by atoms with Crippen LogP contribution in [0, 0.1) is 11.8 Å². The summed E-state index contributed by atoms with van der Waals surface area (Å²) in [4.78, 5) is 39.8. The molecule has 3 aliphatic heterocycles. The Hall–Kier alpha value is -1.62.